The van der Waals surface area contributed by atoms with Crippen LogP contribution in [0.2, 0.25) is 0 Å². The Hall–Kier alpha value is -1.15. The molecule has 0 aromatic heterocycles. The molecule has 1 aromatic carbocycles. The van der Waals surface area contributed by atoms with E-state index in [1.807, 2.05) is 6.92 Å². The van der Waals surface area contributed by atoms with Gasteiger partial charge >= 0.3 is 0 Å². The van der Waals surface area contributed by atoms with E-state index in [9.17, 15) is 13.2 Å². The summed E-state index contributed by atoms with van der Waals surface area (Å²) in [4.78, 5) is 14.4. The van der Waals surface area contributed by atoms with Crippen molar-refractivity contribution in [3.05, 3.63) is 29.3 Å². The van der Waals surface area contributed by atoms with Crippen LogP contribution in [0.3, 0.4) is 0 Å². The van der Waals surface area contributed by atoms with Gasteiger partial charge in [0.15, 0.2) is 0 Å². The van der Waals surface area contributed by atoms with E-state index >= 15 is 0 Å². The first-order valence-corrected chi connectivity index (χ1v) is 8.54. The standard InChI is InChI=1S/C14H21N3O3S.ClH/c1-3-16-21(19,20)12-5-4-11(2)13(10-12)14(18)17-8-6-15-7-9-17;/h4-5,10,15-16H,3,6-9H2,1-2H3;1H. The third-order valence-corrected chi connectivity index (χ3v) is 5.03. The molecule has 6 nitrogen and oxygen atoms in total. The molecule has 0 bridgehead atoms. The van der Waals surface area contributed by atoms with Crippen molar-refractivity contribution in [2.45, 2.75) is 18.7 Å². The number of amides is 1. The van der Waals surface area contributed by atoms with Crippen molar-refractivity contribution < 1.29 is 13.2 Å². The third-order valence-electron chi connectivity index (χ3n) is 3.49. The molecule has 0 radical (unpaired) electrons. The Kier molecular flexibility index (Phi) is 6.80. The van der Waals surface area contributed by atoms with Gasteiger partial charge in [-0.25, -0.2) is 13.1 Å². The number of piperazine rings is 1. The fraction of sp³-hybridized carbons (Fsp3) is 0.500. The summed E-state index contributed by atoms with van der Waals surface area (Å²) in [6, 6.07) is 4.68. The van der Waals surface area contributed by atoms with Crippen molar-refractivity contribution in [1.29, 1.82) is 0 Å². The van der Waals surface area contributed by atoms with Crippen LogP contribution in [0.25, 0.3) is 0 Å². The predicted molar refractivity (Wildman–Crippen MR) is 88.1 cm³/mol. The van der Waals surface area contributed by atoms with Gasteiger partial charge in [0.2, 0.25) is 10.0 Å². The zero-order valence-electron chi connectivity index (χ0n) is 12.8. The van der Waals surface area contributed by atoms with Gasteiger partial charge in [-0.15, -0.1) is 12.4 Å². The number of aryl methyl sites for hydroxylation is 1. The Bertz CT molecular complexity index is 628. The highest BCUT2D eigenvalue weighted by Gasteiger charge is 2.22. The average Bonchev–Trinajstić information content (AvgIpc) is 2.47. The third kappa shape index (κ3) is 4.19. The minimum atomic E-state index is -3.55. The second kappa shape index (κ2) is 7.92. The first-order valence-electron chi connectivity index (χ1n) is 7.06. The summed E-state index contributed by atoms with van der Waals surface area (Å²) in [6.07, 6.45) is 0. The highest BCUT2D eigenvalue weighted by molar-refractivity contribution is 7.89. The summed E-state index contributed by atoms with van der Waals surface area (Å²) in [7, 11) is -3.55. The van der Waals surface area contributed by atoms with Gasteiger partial charge in [-0.05, 0) is 24.6 Å². The van der Waals surface area contributed by atoms with Crippen molar-refractivity contribution in [3.63, 3.8) is 0 Å². The number of rotatable bonds is 4. The maximum absolute atomic E-state index is 12.5. The van der Waals surface area contributed by atoms with Crippen molar-refractivity contribution in [1.82, 2.24) is 14.9 Å². The fourth-order valence-electron chi connectivity index (χ4n) is 2.31. The molecule has 1 fully saturated rings. The summed E-state index contributed by atoms with van der Waals surface area (Å²) in [5, 5.41) is 3.19. The van der Waals surface area contributed by atoms with E-state index in [1.165, 1.54) is 12.1 Å². The summed E-state index contributed by atoms with van der Waals surface area (Å²) >= 11 is 0. The van der Waals surface area contributed by atoms with E-state index in [2.05, 4.69) is 10.0 Å². The molecule has 0 spiro atoms. The van der Waals surface area contributed by atoms with E-state index in [0.717, 1.165) is 18.7 Å². The van der Waals surface area contributed by atoms with E-state index in [4.69, 9.17) is 0 Å². The molecular weight excluding hydrogens is 326 g/mol. The van der Waals surface area contributed by atoms with Crippen molar-refractivity contribution in [2.24, 2.45) is 0 Å². The van der Waals surface area contributed by atoms with Crippen LogP contribution in [0.1, 0.15) is 22.8 Å². The molecule has 2 rings (SSSR count). The Labute approximate surface area is 137 Å². The largest absolute Gasteiger partial charge is 0.336 e. The first-order chi connectivity index (χ1) is 9.95. The smallest absolute Gasteiger partial charge is 0.254 e. The number of hydrogen-bond donors (Lipinski definition) is 2. The maximum Gasteiger partial charge on any atom is 0.254 e. The number of carbonyl (C=O) groups excluding carboxylic acids is 1. The van der Waals surface area contributed by atoms with Gasteiger partial charge in [-0.1, -0.05) is 13.0 Å². The lowest BCUT2D eigenvalue weighted by molar-refractivity contribution is 0.0735. The minimum absolute atomic E-state index is 0. The fourth-order valence-corrected chi connectivity index (χ4v) is 3.38. The lowest BCUT2D eigenvalue weighted by atomic mass is 10.1. The molecule has 1 aliphatic rings. The van der Waals surface area contributed by atoms with E-state index in [0.29, 0.717) is 25.2 Å². The maximum atomic E-state index is 12.5. The predicted octanol–water partition coefficient (Wildman–Crippen LogP) is 0.760. The molecule has 1 amide bonds. The lowest BCUT2D eigenvalue weighted by Crippen LogP contribution is -2.46. The molecule has 124 valence electrons. The van der Waals surface area contributed by atoms with Crippen LogP contribution in [0.4, 0.5) is 0 Å². The Morgan fingerprint density at radius 3 is 2.55 bits per heavy atom. The molecule has 1 saturated heterocycles. The molecule has 1 aromatic rings. The average molecular weight is 348 g/mol. The molecule has 1 heterocycles. The molecule has 1 aliphatic heterocycles. The number of carbonyl (C=O) groups is 1. The number of nitrogens with zero attached hydrogens (tertiary/aromatic N) is 1. The molecular formula is C14H22ClN3O3S. The van der Waals surface area contributed by atoms with Crippen LogP contribution in [0, 0.1) is 6.92 Å². The number of sulfonamides is 1. The van der Waals surface area contributed by atoms with Gasteiger partial charge in [0.25, 0.3) is 5.91 Å². The van der Waals surface area contributed by atoms with Gasteiger partial charge in [0.05, 0.1) is 4.90 Å². The van der Waals surface area contributed by atoms with Gasteiger partial charge < -0.3 is 10.2 Å². The first kappa shape index (κ1) is 18.9. The van der Waals surface area contributed by atoms with E-state index in [1.54, 1.807) is 17.9 Å². The molecule has 8 heteroatoms. The Balaban J connectivity index is 0.00000242. The molecule has 0 atom stereocenters. The van der Waals surface area contributed by atoms with Crippen LogP contribution < -0.4 is 10.0 Å². The van der Waals surface area contributed by atoms with Crippen LogP contribution in [0.15, 0.2) is 23.1 Å². The number of nitrogens with one attached hydrogen (secondary N) is 2. The quantitative estimate of drug-likeness (QED) is 0.843. The lowest BCUT2D eigenvalue weighted by Gasteiger charge is -2.28. The monoisotopic (exact) mass is 347 g/mol. The Morgan fingerprint density at radius 2 is 1.95 bits per heavy atom. The van der Waals surface area contributed by atoms with Crippen molar-refractivity contribution in [3.8, 4) is 0 Å². The molecule has 0 unspecified atom stereocenters. The zero-order valence-corrected chi connectivity index (χ0v) is 14.4. The SMILES string of the molecule is CCNS(=O)(=O)c1ccc(C)c(C(=O)N2CCNCC2)c1.Cl. The second-order valence-electron chi connectivity index (χ2n) is 5.02. The van der Waals surface area contributed by atoms with Gasteiger partial charge in [-0.2, -0.15) is 0 Å². The van der Waals surface area contributed by atoms with Gasteiger partial charge in [0.1, 0.15) is 0 Å². The highest BCUT2D eigenvalue weighted by atomic mass is 35.5. The van der Waals surface area contributed by atoms with Crippen molar-refractivity contribution >= 4 is 28.3 Å². The molecule has 22 heavy (non-hydrogen) atoms. The summed E-state index contributed by atoms with van der Waals surface area (Å²) in [5.74, 6) is -0.109. The van der Waals surface area contributed by atoms with Gasteiger partial charge in [0, 0.05) is 38.3 Å². The normalized spacial score (nSPS) is 15.3. The van der Waals surface area contributed by atoms with Crippen LogP contribution >= 0.6 is 12.4 Å². The second-order valence-corrected chi connectivity index (χ2v) is 6.79. The minimum Gasteiger partial charge on any atom is -0.336 e. The number of hydrogen-bond acceptors (Lipinski definition) is 4. The zero-order chi connectivity index (χ0) is 15.5. The summed E-state index contributed by atoms with van der Waals surface area (Å²) in [6.45, 7) is 6.67. The molecule has 0 saturated carbocycles. The number of benzene rings is 1. The van der Waals surface area contributed by atoms with Crippen molar-refractivity contribution in [2.75, 3.05) is 32.7 Å². The van der Waals surface area contributed by atoms with Crippen LogP contribution in [-0.2, 0) is 10.0 Å². The number of halogens is 1. The topological polar surface area (TPSA) is 78.5 Å². The summed E-state index contributed by atoms with van der Waals surface area (Å²) in [5.41, 5.74) is 1.24. The Morgan fingerprint density at radius 1 is 1.32 bits per heavy atom. The highest BCUT2D eigenvalue weighted by Crippen LogP contribution is 2.17. The molecule has 0 aliphatic carbocycles. The van der Waals surface area contributed by atoms with E-state index < -0.39 is 10.0 Å². The van der Waals surface area contributed by atoms with E-state index in [-0.39, 0.29) is 23.2 Å². The van der Waals surface area contributed by atoms with Gasteiger partial charge in [-0.3, -0.25) is 4.79 Å². The van der Waals surface area contributed by atoms with Crippen LogP contribution in [-0.4, -0.2) is 51.9 Å². The molecule has 2 N–H and O–H groups in total. The van der Waals surface area contributed by atoms with Crippen LogP contribution in [0.5, 0.6) is 0 Å². The summed E-state index contributed by atoms with van der Waals surface area (Å²) < 4.78 is 26.5.